The fourth-order valence-electron chi connectivity index (χ4n) is 2.74. The molecule has 0 atom stereocenters. The van der Waals surface area contributed by atoms with Gasteiger partial charge in [0.15, 0.2) is 0 Å². The van der Waals surface area contributed by atoms with Crippen molar-refractivity contribution in [2.24, 2.45) is 11.7 Å². The Bertz CT molecular complexity index is 288. The zero-order chi connectivity index (χ0) is 12.5. The van der Waals surface area contributed by atoms with E-state index in [0.717, 1.165) is 52.0 Å². The molecule has 0 aromatic rings. The molecule has 0 radical (unpaired) electrons. The minimum absolute atomic E-state index is 0. The van der Waals surface area contributed by atoms with E-state index in [4.69, 9.17) is 5.73 Å². The SMILES string of the molecule is CC(C)CN1CCN(C(=O)C2(N)CCC2)CC1.Cl.Cl. The predicted molar refractivity (Wildman–Crippen MR) is 83.1 cm³/mol. The molecule has 1 heterocycles. The van der Waals surface area contributed by atoms with Gasteiger partial charge in [0.1, 0.15) is 0 Å². The first kappa shape index (κ1) is 19.0. The molecule has 4 nitrogen and oxygen atoms in total. The first-order valence-electron chi connectivity index (χ1n) is 6.82. The largest absolute Gasteiger partial charge is 0.339 e. The van der Waals surface area contributed by atoms with Crippen molar-refractivity contribution in [2.45, 2.75) is 38.6 Å². The van der Waals surface area contributed by atoms with Crippen molar-refractivity contribution < 1.29 is 4.79 Å². The van der Waals surface area contributed by atoms with Crippen molar-refractivity contribution in [3.8, 4) is 0 Å². The zero-order valence-electron chi connectivity index (χ0n) is 11.9. The number of piperazine rings is 1. The van der Waals surface area contributed by atoms with Crippen LogP contribution in [0, 0.1) is 5.92 Å². The van der Waals surface area contributed by atoms with Gasteiger partial charge in [-0.15, -0.1) is 24.8 Å². The highest BCUT2D eigenvalue weighted by molar-refractivity contribution is 5.87. The second-order valence-corrected chi connectivity index (χ2v) is 6.00. The minimum Gasteiger partial charge on any atom is -0.339 e. The Balaban J connectivity index is 0.00000162. The van der Waals surface area contributed by atoms with E-state index in [1.807, 2.05) is 4.90 Å². The van der Waals surface area contributed by atoms with E-state index in [1.54, 1.807) is 0 Å². The first-order valence-corrected chi connectivity index (χ1v) is 6.82. The molecule has 2 rings (SSSR count). The van der Waals surface area contributed by atoms with Gasteiger partial charge in [-0.3, -0.25) is 9.69 Å². The average Bonchev–Trinajstić information content (AvgIpc) is 2.25. The van der Waals surface area contributed by atoms with E-state index in [0.29, 0.717) is 5.92 Å². The molecule has 19 heavy (non-hydrogen) atoms. The number of nitrogens with two attached hydrogens (primary N) is 1. The van der Waals surface area contributed by atoms with Crippen LogP contribution in [0.25, 0.3) is 0 Å². The fourth-order valence-corrected chi connectivity index (χ4v) is 2.74. The lowest BCUT2D eigenvalue weighted by Gasteiger charge is -2.43. The van der Waals surface area contributed by atoms with Gasteiger partial charge in [0, 0.05) is 32.7 Å². The summed E-state index contributed by atoms with van der Waals surface area (Å²) in [6, 6.07) is 0. The van der Waals surface area contributed by atoms with Gasteiger partial charge in [-0.05, 0) is 25.2 Å². The highest BCUT2D eigenvalue weighted by Gasteiger charge is 2.43. The van der Waals surface area contributed by atoms with E-state index >= 15 is 0 Å². The molecule has 1 saturated carbocycles. The highest BCUT2D eigenvalue weighted by atomic mass is 35.5. The standard InChI is InChI=1S/C13H25N3O.2ClH/c1-11(2)10-15-6-8-16(9-7-15)12(17)13(14)4-3-5-13;;/h11H,3-10,14H2,1-2H3;2*1H. The summed E-state index contributed by atoms with van der Waals surface area (Å²) < 4.78 is 0. The summed E-state index contributed by atoms with van der Waals surface area (Å²) in [5, 5.41) is 0. The Kier molecular flexibility index (Phi) is 7.66. The molecule has 0 spiro atoms. The Morgan fingerprint density at radius 2 is 1.68 bits per heavy atom. The summed E-state index contributed by atoms with van der Waals surface area (Å²) in [5.41, 5.74) is 5.57. The summed E-state index contributed by atoms with van der Waals surface area (Å²) in [6.07, 6.45) is 2.85. The molecule has 2 N–H and O–H groups in total. The third-order valence-electron chi connectivity index (χ3n) is 3.95. The van der Waals surface area contributed by atoms with Crippen LogP contribution >= 0.6 is 24.8 Å². The van der Waals surface area contributed by atoms with E-state index in [2.05, 4.69) is 18.7 Å². The number of carbonyl (C=O) groups is 1. The smallest absolute Gasteiger partial charge is 0.242 e. The number of nitrogens with zero attached hydrogens (tertiary/aromatic N) is 2. The molecule has 2 aliphatic rings. The van der Waals surface area contributed by atoms with Crippen LogP contribution in [0.3, 0.4) is 0 Å². The topological polar surface area (TPSA) is 49.6 Å². The highest BCUT2D eigenvalue weighted by Crippen LogP contribution is 2.31. The van der Waals surface area contributed by atoms with Gasteiger partial charge in [0.25, 0.3) is 0 Å². The summed E-state index contributed by atoms with van der Waals surface area (Å²) in [7, 11) is 0. The van der Waals surface area contributed by atoms with Crippen molar-refractivity contribution in [3.63, 3.8) is 0 Å². The third kappa shape index (κ3) is 4.48. The molecule has 0 aromatic heterocycles. The van der Waals surface area contributed by atoms with Crippen LogP contribution in [0.5, 0.6) is 0 Å². The first-order chi connectivity index (χ1) is 8.01. The second kappa shape index (κ2) is 7.67. The number of halogens is 2. The maximum atomic E-state index is 12.2. The van der Waals surface area contributed by atoms with Crippen LogP contribution in [0.2, 0.25) is 0 Å². The van der Waals surface area contributed by atoms with Crippen molar-refractivity contribution in [1.82, 2.24) is 9.80 Å². The Hall–Kier alpha value is -0.0300. The maximum Gasteiger partial charge on any atom is 0.242 e. The van der Waals surface area contributed by atoms with Crippen LogP contribution in [0.1, 0.15) is 33.1 Å². The van der Waals surface area contributed by atoms with Crippen molar-refractivity contribution in [2.75, 3.05) is 32.7 Å². The molecular weight excluding hydrogens is 285 g/mol. The van der Waals surface area contributed by atoms with E-state index < -0.39 is 5.54 Å². The monoisotopic (exact) mass is 311 g/mol. The van der Waals surface area contributed by atoms with E-state index in [1.165, 1.54) is 0 Å². The quantitative estimate of drug-likeness (QED) is 0.859. The molecule has 1 aliphatic heterocycles. The summed E-state index contributed by atoms with van der Waals surface area (Å²) in [5.74, 6) is 0.887. The van der Waals surface area contributed by atoms with Gasteiger partial charge in [0.05, 0.1) is 5.54 Å². The van der Waals surface area contributed by atoms with Crippen molar-refractivity contribution >= 4 is 30.7 Å². The lowest BCUT2D eigenvalue weighted by Crippen LogP contribution is -2.62. The van der Waals surface area contributed by atoms with E-state index in [-0.39, 0.29) is 30.7 Å². The van der Waals surface area contributed by atoms with Crippen molar-refractivity contribution in [3.05, 3.63) is 0 Å². The summed E-state index contributed by atoms with van der Waals surface area (Å²) >= 11 is 0. The van der Waals surface area contributed by atoms with Crippen LogP contribution in [0.15, 0.2) is 0 Å². The molecular formula is C13H27Cl2N3O. The molecule has 0 aromatic carbocycles. The summed E-state index contributed by atoms with van der Waals surface area (Å²) in [4.78, 5) is 16.6. The summed E-state index contributed by atoms with van der Waals surface area (Å²) in [6.45, 7) is 9.31. The molecule has 1 aliphatic carbocycles. The van der Waals surface area contributed by atoms with Crippen molar-refractivity contribution in [1.29, 1.82) is 0 Å². The normalized spacial score (nSPS) is 22.2. The van der Waals surface area contributed by atoms with Crippen LogP contribution < -0.4 is 5.73 Å². The molecule has 0 unspecified atom stereocenters. The van der Waals surface area contributed by atoms with Gasteiger partial charge in [-0.2, -0.15) is 0 Å². The zero-order valence-corrected chi connectivity index (χ0v) is 13.6. The molecule has 1 amide bonds. The number of hydrogen-bond donors (Lipinski definition) is 1. The van der Waals surface area contributed by atoms with Crippen LogP contribution in [0.4, 0.5) is 0 Å². The lowest BCUT2D eigenvalue weighted by molar-refractivity contribution is -0.142. The number of amides is 1. The van der Waals surface area contributed by atoms with Crippen LogP contribution in [-0.2, 0) is 4.79 Å². The number of carbonyl (C=O) groups excluding carboxylic acids is 1. The Labute approximate surface area is 128 Å². The molecule has 6 heteroatoms. The fraction of sp³-hybridized carbons (Fsp3) is 0.923. The molecule has 1 saturated heterocycles. The van der Waals surface area contributed by atoms with Gasteiger partial charge in [-0.1, -0.05) is 13.8 Å². The second-order valence-electron chi connectivity index (χ2n) is 6.00. The maximum absolute atomic E-state index is 12.2. The average molecular weight is 312 g/mol. The Morgan fingerprint density at radius 3 is 2.05 bits per heavy atom. The lowest BCUT2D eigenvalue weighted by atomic mass is 9.76. The Morgan fingerprint density at radius 1 is 1.16 bits per heavy atom. The van der Waals surface area contributed by atoms with Gasteiger partial charge in [0.2, 0.25) is 5.91 Å². The third-order valence-corrected chi connectivity index (χ3v) is 3.95. The molecule has 114 valence electrons. The van der Waals surface area contributed by atoms with Gasteiger partial charge in [-0.25, -0.2) is 0 Å². The minimum atomic E-state index is -0.514. The molecule has 2 fully saturated rings. The van der Waals surface area contributed by atoms with Gasteiger partial charge >= 0.3 is 0 Å². The predicted octanol–water partition coefficient (Wildman–Crippen LogP) is 1.51. The van der Waals surface area contributed by atoms with E-state index in [9.17, 15) is 4.79 Å². The van der Waals surface area contributed by atoms with Crippen LogP contribution in [-0.4, -0.2) is 54.0 Å². The van der Waals surface area contributed by atoms with Gasteiger partial charge < -0.3 is 10.6 Å². The molecule has 0 bridgehead atoms. The number of rotatable bonds is 3. The number of hydrogen-bond acceptors (Lipinski definition) is 3.